The SMILES string of the molecule is Cc1nn(C(C)(C)C)c2nc(C(C)C)cc(C(=O)NCCc3n[nH]c(=S)n3C)c12. The fraction of sp³-hybridized carbons (Fsp3) is 0.550. The zero-order valence-electron chi connectivity index (χ0n) is 18.1. The van der Waals surface area contributed by atoms with Crippen molar-refractivity contribution in [3.05, 3.63) is 33.6 Å². The molecule has 0 saturated heterocycles. The summed E-state index contributed by atoms with van der Waals surface area (Å²) in [6, 6.07) is 1.89. The van der Waals surface area contributed by atoms with Crippen molar-refractivity contribution in [2.24, 2.45) is 7.05 Å². The third kappa shape index (κ3) is 4.10. The molecule has 3 aromatic heterocycles. The second-order valence-electron chi connectivity index (χ2n) is 8.63. The maximum atomic E-state index is 13.1. The average Bonchev–Trinajstić information content (AvgIpc) is 3.15. The standard InChI is InChI=1S/C20H29N7OS/c1-11(2)14-10-13(16-12(3)25-27(17(16)22-14)20(4,5)6)18(28)21-9-8-15-23-24-19(29)26(15)7/h10-11H,8-9H2,1-7H3,(H,21,28)(H,24,29). The maximum absolute atomic E-state index is 13.1. The van der Waals surface area contributed by atoms with Crippen LogP contribution in [0.3, 0.4) is 0 Å². The van der Waals surface area contributed by atoms with Crippen LogP contribution >= 0.6 is 12.2 Å². The fourth-order valence-electron chi connectivity index (χ4n) is 3.24. The van der Waals surface area contributed by atoms with Gasteiger partial charge in [-0.1, -0.05) is 13.8 Å². The summed E-state index contributed by atoms with van der Waals surface area (Å²) in [4.78, 5) is 17.9. The first kappa shape index (κ1) is 21.2. The third-order valence-corrected chi connectivity index (χ3v) is 5.28. The quantitative estimate of drug-likeness (QED) is 0.623. The largest absolute Gasteiger partial charge is 0.352 e. The molecule has 0 aromatic carbocycles. The average molecular weight is 416 g/mol. The number of rotatable bonds is 5. The number of amides is 1. The van der Waals surface area contributed by atoms with Gasteiger partial charge in [0.2, 0.25) is 0 Å². The summed E-state index contributed by atoms with van der Waals surface area (Å²) in [7, 11) is 1.86. The van der Waals surface area contributed by atoms with Crippen molar-refractivity contribution in [1.82, 2.24) is 34.8 Å². The Labute approximate surface area is 175 Å². The van der Waals surface area contributed by atoms with E-state index in [0.29, 0.717) is 23.3 Å². The summed E-state index contributed by atoms with van der Waals surface area (Å²) in [6.45, 7) is 12.8. The van der Waals surface area contributed by atoms with Crippen LogP contribution in [0.5, 0.6) is 0 Å². The lowest BCUT2D eigenvalue weighted by molar-refractivity contribution is 0.0955. The van der Waals surface area contributed by atoms with Crippen LogP contribution in [0.1, 0.15) is 68.1 Å². The molecule has 2 N–H and O–H groups in total. The highest BCUT2D eigenvalue weighted by molar-refractivity contribution is 7.71. The zero-order chi connectivity index (χ0) is 21.5. The van der Waals surface area contributed by atoms with Gasteiger partial charge in [-0.05, 0) is 51.9 Å². The molecule has 0 spiro atoms. The molecule has 1 amide bonds. The number of pyridine rings is 1. The Balaban J connectivity index is 1.96. The molecule has 3 heterocycles. The van der Waals surface area contributed by atoms with Crippen molar-refractivity contribution in [2.45, 2.75) is 59.4 Å². The minimum atomic E-state index is -0.237. The number of aryl methyl sites for hydroxylation is 1. The second kappa shape index (κ2) is 7.70. The molecule has 3 aromatic rings. The first-order valence-corrected chi connectivity index (χ1v) is 10.2. The van der Waals surface area contributed by atoms with Gasteiger partial charge >= 0.3 is 0 Å². The second-order valence-corrected chi connectivity index (χ2v) is 9.01. The first-order valence-electron chi connectivity index (χ1n) is 9.80. The van der Waals surface area contributed by atoms with E-state index in [0.717, 1.165) is 28.2 Å². The van der Waals surface area contributed by atoms with Gasteiger partial charge in [-0.25, -0.2) is 9.67 Å². The minimum absolute atomic E-state index is 0.132. The van der Waals surface area contributed by atoms with Gasteiger partial charge in [-0.3, -0.25) is 9.89 Å². The fourth-order valence-corrected chi connectivity index (χ4v) is 3.39. The molecule has 3 rings (SSSR count). The molecule has 0 unspecified atom stereocenters. The van der Waals surface area contributed by atoms with Crippen molar-refractivity contribution in [1.29, 1.82) is 0 Å². The lowest BCUT2D eigenvalue weighted by Crippen LogP contribution is -2.27. The number of nitrogens with zero attached hydrogens (tertiary/aromatic N) is 5. The van der Waals surface area contributed by atoms with Crippen molar-refractivity contribution >= 4 is 29.2 Å². The molecule has 0 radical (unpaired) electrons. The minimum Gasteiger partial charge on any atom is -0.352 e. The van der Waals surface area contributed by atoms with Crippen LogP contribution in [0.4, 0.5) is 0 Å². The summed E-state index contributed by atoms with van der Waals surface area (Å²) in [5.41, 5.74) is 2.81. The Hall–Kier alpha value is -2.55. The lowest BCUT2D eigenvalue weighted by Gasteiger charge is -2.20. The van der Waals surface area contributed by atoms with E-state index < -0.39 is 0 Å². The molecular formula is C20H29N7OS. The molecule has 156 valence electrons. The van der Waals surface area contributed by atoms with Gasteiger partial charge in [0.05, 0.1) is 22.2 Å². The molecule has 0 aliphatic heterocycles. The zero-order valence-corrected chi connectivity index (χ0v) is 18.9. The van der Waals surface area contributed by atoms with Crippen LogP contribution in [0, 0.1) is 11.7 Å². The van der Waals surface area contributed by atoms with E-state index in [1.165, 1.54) is 0 Å². The Kier molecular flexibility index (Phi) is 5.62. The van der Waals surface area contributed by atoms with Gasteiger partial charge in [0.15, 0.2) is 10.4 Å². The summed E-state index contributed by atoms with van der Waals surface area (Å²) < 4.78 is 4.28. The van der Waals surface area contributed by atoms with Crippen molar-refractivity contribution in [3.8, 4) is 0 Å². The van der Waals surface area contributed by atoms with E-state index in [4.69, 9.17) is 22.3 Å². The number of carbonyl (C=O) groups excluding carboxylic acids is 1. The summed E-state index contributed by atoms with van der Waals surface area (Å²) in [5.74, 6) is 0.866. The summed E-state index contributed by atoms with van der Waals surface area (Å²) >= 11 is 5.13. The highest BCUT2D eigenvalue weighted by Crippen LogP contribution is 2.28. The molecule has 9 heteroatoms. The van der Waals surface area contributed by atoms with Crippen LogP contribution in [-0.2, 0) is 19.0 Å². The van der Waals surface area contributed by atoms with Crippen LogP contribution < -0.4 is 5.32 Å². The lowest BCUT2D eigenvalue weighted by atomic mass is 10.0. The van der Waals surface area contributed by atoms with E-state index in [1.807, 2.05) is 24.7 Å². The van der Waals surface area contributed by atoms with Crippen molar-refractivity contribution < 1.29 is 4.79 Å². The highest BCUT2D eigenvalue weighted by atomic mass is 32.1. The Morgan fingerprint density at radius 2 is 2.03 bits per heavy atom. The number of fused-ring (bicyclic) bond motifs is 1. The van der Waals surface area contributed by atoms with Crippen molar-refractivity contribution in [3.63, 3.8) is 0 Å². The predicted molar refractivity (Wildman–Crippen MR) is 116 cm³/mol. The molecule has 0 aliphatic rings. The van der Waals surface area contributed by atoms with E-state index >= 15 is 0 Å². The topological polar surface area (TPSA) is 93.4 Å². The number of hydrogen-bond acceptors (Lipinski definition) is 5. The molecule has 29 heavy (non-hydrogen) atoms. The summed E-state index contributed by atoms with van der Waals surface area (Å²) in [6.07, 6.45) is 0.584. The van der Waals surface area contributed by atoms with E-state index in [9.17, 15) is 4.79 Å². The number of hydrogen-bond donors (Lipinski definition) is 2. The number of H-pyrrole nitrogens is 1. The molecule has 0 bridgehead atoms. The Bertz CT molecular complexity index is 1110. The van der Waals surface area contributed by atoms with Crippen LogP contribution in [0.25, 0.3) is 11.0 Å². The number of aromatic amines is 1. The molecule has 0 aliphatic carbocycles. The number of carbonyl (C=O) groups is 1. The van der Waals surface area contributed by atoms with Crippen molar-refractivity contribution in [2.75, 3.05) is 6.54 Å². The highest BCUT2D eigenvalue weighted by Gasteiger charge is 2.25. The Morgan fingerprint density at radius 3 is 2.59 bits per heavy atom. The Morgan fingerprint density at radius 1 is 1.34 bits per heavy atom. The monoisotopic (exact) mass is 415 g/mol. The smallest absolute Gasteiger partial charge is 0.252 e. The van der Waals surface area contributed by atoms with Gasteiger partial charge in [0, 0.05) is 25.7 Å². The number of nitrogens with one attached hydrogen (secondary N) is 2. The van der Waals surface area contributed by atoms with Gasteiger partial charge in [-0.15, -0.1) is 0 Å². The van der Waals surface area contributed by atoms with Crippen LogP contribution in [0.15, 0.2) is 6.07 Å². The molecular weight excluding hydrogens is 386 g/mol. The molecule has 0 saturated carbocycles. The van der Waals surface area contributed by atoms with Crippen LogP contribution in [-0.4, -0.2) is 42.0 Å². The van der Waals surface area contributed by atoms with Gasteiger partial charge in [0.25, 0.3) is 5.91 Å². The number of aromatic nitrogens is 6. The van der Waals surface area contributed by atoms with E-state index in [2.05, 4.69) is 50.1 Å². The van der Waals surface area contributed by atoms with Gasteiger partial charge in [0.1, 0.15) is 5.82 Å². The van der Waals surface area contributed by atoms with Crippen LogP contribution in [0.2, 0.25) is 0 Å². The molecule has 0 atom stereocenters. The summed E-state index contributed by atoms with van der Waals surface area (Å²) in [5, 5.41) is 15.5. The normalized spacial score (nSPS) is 12.1. The first-order chi connectivity index (χ1) is 13.5. The maximum Gasteiger partial charge on any atom is 0.252 e. The van der Waals surface area contributed by atoms with Gasteiger partial charge in [-0.2, -0.15) is 10.2 Å². The van der Waals surface area contributed by atoms with E-state index in [-0.39, 0.29) is 17.4 Å². The molecule has 8 nitrogen and oxygen atoms in total. The van der Waals surface area contributed by atoms with E-state index in [1.54, 1.807) is 4.57 Å². The van der Waals surface area contributed by atoms with Gasteiger partial charge < -0.3 is 9.88 Å². The molecule has 0 fully saturated rings. The third-order valence-electron chi connectivity index (χ3n) is 4.91. The predicted octanol–water partition coefficient (Wildman–Crippen LogP) is 3.38.